The predicted octanol–water partition coefficient (Wildman–Crippen LogP) is 0.645. The molecular weight excluding hydrogens is 194 g/mol. The Bertz CT molecular complexity index is 370. The number of carbonyl (C=O) groups excluding carboxylic acids is 2. The molecule has 1 amide bonds. The standard InChI is InChI=1S/C11H13NO3/c1-7(13)12-8-3-5-9(11(14)15-2)10(12)6-4-8/h4-6,8,10H,3H2,1-2H3. The summed E-state index contributed by atoms with van der Waals surface area (Å²) in [5, 5.41) is 0. The number of nitrogens with zero attached hydrogens (tertiary/aromatic N) is 1. The average Bonchev–Trinajstić information content (AvgIpc) is 2.52. The third-order valence-corrected chi connectivity index (χ3v) is 2.86. The molecule has 2 atom stereocenters. The van der Waals surface area contributed by atoms with Crippen LogP contribution >= 0.6 is 0 Å². The van der Waals surface area contributed by atoms with Crippen LogP contribution in [0, 0.1) is 0 Å². The van der Waals surface area contributed by atoms with E-state index in [0.717, 1.165) is 0 Å². The Morgan fingerprint density at radius 1 is 1.47 bits per heavy atom. The van der Waals surface area contributed by atoms with E-state index in [1.54, 1.807) is 4.90 Å². The molecule has 0 fully saturated rings. The molecule has 0 aromatic rings. The molecule has 0 N–H and O–H groups in total. The van der Waals surface area contributed by atoms with Gasteiger partial charge in [-0.15, -0.1) is 0 Å². The topological polar surface area (TPSA) is 46.6 Å². The third-order valence-electron chi connectivity index (χ3n) is 2.86. The van der Waals surface area contributed by atoms with Crippen molar-refractivity contribution in [1.29, 1.82) is 0 Å². The quantitative estimate of drug-likeness (QED) is 0.468. The summed E-state index contributed by atoms with van der Waals surface area (Å²) in [7, 11) is 1.35. The summed E-state index contributed by atoms with van der Waals surface area (Å²) in [5.41, 5.74) is 0.567. The highest BCUT2D eigenvalue weighted by atomic mass is 16.5. The van der Waals surface area contributed by atoms with Crippen LogP contribution in [0.4, 0.5) is 0 Å². The van der Waals surface area contributed by atoms with Gasteiger partial charge in [-0.05, 0) is 6.42 Å². The summed E-state index contributed by atoms with van der Waals surface area (Å²) in [5.74, 6) is -0.360. The molecule has 2 aliphatic heterocycles. The lowest BCUT2D eigenvalue weighted by molar-refractivity contribution is -0.138. The summed E-state index contributed by atoms with van der Waals surface area (Å²) in [6.45, 7) is 1.52. The first-order chi connectivity index (χ1) is 7.15. The zero-order chi connectivity index (χ0) is 11.0. The first-order valence-corrected chi connectivity index (χ1v) is 4.90. The molecule has 0 saturated carbocycles. The molecular formula is C11H13NO3. The minimum atomic E-state index is -0.351. The van der Waals surface area contributed by atoms with Gasteiger partial charge >= 0.3 is 5.97 Å². The summed E-state index contributed by atoms with van der Waals surface area (Å²) < 4.78 is 4.69. The van der Waals surface area contributed by atoms with E-state index in [0.29, 0.717) is 12.0 Å². The van der Waals surface area contributed by atoms with Gasteiger partial charge in [-0.1, -0.05) is 18.2 Å². The Kier molecular flexibility index (Phi) is 2.34. The Morgan fingerprint density at radius 3 is 2.80 bits per heavy atom. The lowest BCUT2D eigenvalue weighted by Gasteiger charge is -2.33. The van der Waals surface area contributed by atoms with E-state index in [9.17, 15) is 9.59 Å². The molecule has 4 nitrogen and oxygen atoms in total. The molecule has 80 valence electrons. The highest BCUT2D eigenvalue weighted by molar-refractivity contribution is 5.92. The van der Waals surface area contributed by atoms with Gasteiger partial charge in [0.1, 0.15) is 0 Å². The van der Waals surface area contributed by atoms with Crippen LogP contribution in [0.2, 0.25) is 0 Å². The van der Waals surface area contributed by atoms with Gasteiger partial charge in [-0.25, -0.2) is 4.79 Å². The van der Waals surface area contributed by atoms with Gasteiger partial charge < -0.3 is 9.64 Å². The van der Waals surface area contributed by atoms with Crippen molar-refractivity contribution in [3.05, 3.63) is 23.8 Å². The van der Waals surface area contributed by atoms with E-state index in [1.165, 1.54) is 14.0 Å². The average molecular weight is 207 g/mol. The second kappa shape index (κ2) is 3.53. The fourth-order valence-corrected chi connectivity index (χ4v) is 2.19. The Labute approximate surface area is 88.2 Å². The van der Waals surface area contributed by atoms with Gasteiger partial charge in [-0.3, -0.25) is 4.79 Å². The molecule has 0 saturated heterocycles. The molecule has 2 unspecified atom stereocenters. The van der Waals surface area contributed by atoms with Crippen LogP contribution < -0.4 is 0 Å². The van der Waals surface area contributed by atoms with E-state index in [4.69, 9.17) is 0 Å². The predicted molar refractivity (Wildman–Crippen MR) is 54.0 cm³/mol. The van der Waals surface area contributed by atoms with Crippen molar-refractivity contribution < 1.29 is 14.3 Å². The largest absolute Gasteiger partial charge is 0.466 e. The highest BCUT2D eigenvalue weighted by Gasteiger charge is 2.38. The zero-order valence-corrected chi connectivity index (χ0v) is 8.77. The summed E-state index contributed by atoms with van der Waals surface area (Å²) >= 11 is 0. The third kappa shape index (κ3) is 1.46. The number of amides is 1. The van der Waals surface area contributed by atoms with Crippen molar-refractivity contribution in [2.45, 2.75) is 25.4 Å². The van der Waals surface area contributed by atoms with Gasteiger partial charge in [0.15, 0.2) is 0 Å². The lowest BCUT2D eigenvalue weighted by Crippen LogP contribution is -2.45. The van der Waals surface area contributed by atoms with Crippen LogP contribution in [-0.2, 0) is 14.3 Å². The molecule has 15 heavy (non-hydrogen) atoms. The Balaban J connectivity index is 2.30. The minimum Gasteiger partial charge on any atom is -0.466 e. The number of rotatable bonds is 1. The normalized spacial score (nSPS) is 27.6. The monoisotopic (exact) mass is 207 g/mol. The smallest absolute Gasteiger partial charge is 0.335 e. The summed E-state index contributed by atoms with van der Waals surface area (Å²) in [6, 6.07) is -0.116. The number of methoxy groups -OCH3 is 1. The molecule has 0 spiro atoms. The first kappa shape index (κ1) is 9.96. The summed E-state index contributed by atoms with van der Waals surface area (Å²) in [6.07, 6.45) is 6.41. The molecule has 0 aromatic carbocycles. The van der Waals surface area contributed by atoms with Gasteiger partial charge in [0.05, 0.1) is 24.8 Å². The van der Waals surface area contributed by atoms with Crippen molar-refractivity contribution in [1.82, 2.24) is 4.90 Å². The number of hydrogen-bond acceptors (Lipinski definition) is 3. The maximum absolute atomic E-state index is 11.5. The number of esters is 1. The first-order valence-electron chi connectivity index (χ1n) is 4.90. The van der Waals surface area contributed by atoms with E-state index in [2.05, 4.69) is 4.74 Å². The maximum Gasteiger partial charge on any atom is 0.335 e. The maximum atomic E-state index is 11.5. The molecule has 2 rings (SSSR count). The van der Waals surface area contributed by atoms with Crippen molar-refractivity contribution >= 4 is 11.9 Å². The van der Waals surface area contributed by atoms with E-state index in [1.807, 2.05) is 18.2 Å². The van der Waals surface area contributed by atoms with Crippen LogP contribution in [0.15, 0.2) is 23.8 Å². The molecule has 0 aromatic heterocycles. The Hall–Kier alpha value is -1.58. The molecule has 2 bridgehead atoms. The molecule has 0 aliphatic carbocycles. The van der Waals surface area contributed by atoms with Crippen LogP contribution in [0.1, 0.15) is 13.3 Å². The van der Waals surface area contributed by atoms with Gasteiger partial charge in [0.2, 0.25) is 5.91 Å². The number of ether oxygens (including phenoxy) is 1. The van der Waals surface area contributed by atoms with E-state index in [-0.39, 0.29) is 24.0 Å². The van der Waals surface area contributed by atoms with Crippen molar-refractivity contribution in [3.8, 4) is 0 Å². The van der Waals surface area contributed by atoms with E-state index < -0.39 is 0 Å². The van der Waals surface area contributed by atoms with Crippen molar-refractivity contribution in [2.75, 3.05) is 7.11 Å². The number of hydrogen-bond donors (Lipinski definition) is 0. The van der Waals surface area contributed by atoms with Crippen LogP contribution in [-0.4, -0.2) is 36.0 Å². The van der Waals surface area contributed by atoms with Gasteiger partial charge in [0.25, 0.3) is 0 Å². The minimum absolute atomic E-state index is 0.00972. The molecule has 2 aliphatic rings. The highest BCUT2D eigenvalue weighted by Crippen LogP contribution is 2.30. The second-order valence-electron chi connectivity index (χ2n) is 3.71. The summed E-state index contributed by atoms with van der Waals surface area (Å²) in [4.78, 5) is 24.6. The lowest BCUT2D eigenvalue weighted by atomic mass is 10.0. The molecule has 4 heteroatoms. The Morgan fingerprint density at radius 2 is 2.20 bits per heavy atom. The fraction of sp³-hybridized carbons (Fsp3) is 0.455. The molecule has 0 radical (unpaired) electrons. The fourth-order valence-electron chi connectivity index (χ4n) is 2.19. The number of carbonyl (C=O) groups is 2. The van der Waals surface area contributed by atoms with Crippen molar-refractivity contribution in [2.24, 2.45) is 0 Å². The van der Waals surface area contributed by atoms with Gasteiger partial charge in [-0.2, -0.15) is 0 Å². The SMILES string of the molecule is COC(=O)C1=CCC2C=CC1N2C(C)=O. The van der Waals surface area contributed by atoms with Crippen LogP contribution in [0.5, 0.6) is 0 Å². The number of fused-ring (bicyclic) bond motifs is 2. The zero-order valence-electron chi connectivity index (χ0n) is 8.77. The van der Waals surface area contributed by atoms with Crippen LogP contribution in [0.25, 0.3) is 0 Å². The van der Waals surface area contributed by atoms with Crippen molar-refractivity contribution in [3.63, 3.8) is 0 Å². The van der Waals surface area contributed by atoms with Gasteiger partial charge in [0, 0.05) is 6.92 Å². The second-order valence-corrected chi connectivity index (χ2v) is 3.71. The van der Waals surface area contributed by atoms with E-state index >= 15 is 0 Å². The molecule has 2 heterocycles. The van der Waals surface area contributed by atoms with Crippen LogP contribution in [0.3, 0.4) is 0 Å².